The molecule has 0 radical (unpaired) electrons. The molecule has 0 aliphatic carbocycles. The number of carbonyl (C=O) groups excluding carboxylic acids is 1. The van der Waals surface area contributed by atoms with E-state index in [4.69, 9.17) is 0 Å². The third kappa shape index (κ3) is 2.86. The number of anilines is 1. The first kappa shape index (κ1) is 12.3. The van der Waals surface area contributed by atoms with Gasteiger partial charge in [-0.1, -0.05) is 18.2 Å². The first-order valence-electron chi connectivity index (χ1n) is 4.37. The number of para-hydroxylation sites is 1. The van der Waals surface area contributed by atoms with Gasteiger partial charge >= 0.3 is 16.3 Å². The molecule has 0 bridgehead atoms. The second kappa shape index (κ2) is 4.84. The average Bonchev–Trinajstić information content (AvgIpc) is 2.28. The normalized spacial score (nSPS) is 10.6. The minimum absolute atomic E-state index is 0.443. The van der Waals surface area contributed by atoms with Gasteiger partial charge in [-0.05, 0) is 12.1 Å². The van der Waals surface area contributed by atoms with E-state index in [2.05, 4.69) is 4.74 Å². The molecule has 0 heterocycles. The molecule has 1 aromatic carbocycles. The van der Waals surface area contributed by atoms with Crippen LogP contribution in [0.4, 0.5) is 10.5 Å². The summed E-state index contributed by atoms with van der Waals surface area (Å²) in [6.45, 7) is 0. The van der Waals surface area contributed by atoms with Crippen molar-refractivity contribution in [1.29, 1.82) is 0 Å². The maximum Gasteiger partial charge on any atom is 0.422 e. The Morgan fingerprint density at radius 2 is 1.88 bits per heavy atom. The molecule has 0 saturated carbocycles. The summed E-state index contributed by atoms with van der Waals surface area (Å²) in [5, 5.41) is 0. The number of methoxy groups -OCH3 is 1. The molecule has 1 rings (SSSR count). The number of rotatable bonds is 3. The minimum Gasteiger partial charge on any atom is -0.452 e. The molecule has 1 aromatic rings. The highest BCUT2D eigenvalue weighted by molar-refractivity contribution is 7.91. The lowest BCUT2D eigenvalue weighted by atomic mass is 10.3. The molecule has 0 aliphatic rings. The van der Waals surface area contributed by atoms with Crippen LogP contribution in [0.5, 0.6) is 0 Å². The van der Waals surface area contributed by atoms with Gasteiger partial charge in [-0.15, -0.1) is 0 Å². The van der Waals surface area contributed by atoms with Gasteiger partial charge < -0.3 is 4.74 Å². The standard InChI is InChI=1S/C9H12N2O4S/c1-11(8-6-4-3-5-7-8)16(13,14)10-9(12)15-2/h3-7H,1-2H3,(H,10,12). The summed E-state index contributed by atoms with van der Waals surface area (Å²) in [5.74, 6) is 0. The lowest BCUT2D eigenvalue weighted by molar-refractivity contribution is 0.177. The molecule has 0 aromatic heterocycles. The van der Waals surface area contributed by atoms with E-state index in [1.165, 1.54) is 7.05 Å². The van der Waals surface area contributed by atoms with Crippen molar-refractivity contribution in [3.05, 3.63) is 30.3 Å². The van der Waals surface area contributed by atoms with E-state index in [0.29, 0.717) is 5.69 Å². The molecule has 0 saturated heterocycles. The Bertz CT molecular complexity index is 458. The molecular weight excluding hydrogens is 232 g/mol. The molecule has 0 spiro atoms. The number of amides is 1. The van der Waals surface area contributed by atoms with Gasteiger partial charge in [0.25, 0.3) is 0 Å². The summed E-state index contributed by atoms with van der Waals surface area (Å²) in [6, 6.07) is 8.36. The Hall–Kier alpha value is -1.76. The number of benzene rings is 1. The third-order valence-corrected chi connectivity index (χ3v) is 3.23. The molecule has 0 aliphatic heterocycles. The third-order valence-electron chi connectivity index (χ3n) is 1.88. The van der Waals surface area contributed by atoms with E-state index in [1.807, 2.05) is 0 Å². The molecule has 16 heavy (non-hydrogen) atoms. The fourth-order valence-corrected chi connectivity index (χ4v) is 1.82. The summed E-state index contributed by atoms with van der Waals surface area (Å²) in [4.78, 5) is 10.8. The van der Waals surface area contributed by atoms with Crippen molar-refractivity contribution in [3.8, 4) is 0 Å². The smallest absolute Gasteiger partial charge is 0.422 e. The molecule has 88 valence electrons. The van der Waals surface area contributed by atoms with Crippen molar-refractivity contribution in [2.75, 3.05) is 18.5 Å². The van der Waals surface area contributed by atoms with Gasteiger partial charge in [0.05, 0.1) is 12.8 Å². The Morgan fingerprint density at radius 1 is 1.31 bits per heavy atom. The highest BCUT2D eigenvalue weighted by atomic mass is 32.2. The highest BCUT2D eigenvalue weighted by Crippen LogP contribution is 2.13. The fraction of sp³-hybridized carbons (Fsp3) is 0.222. The van der Waals surface area contributed by atoms with Crippen LogP contribution in [0.1, 0.15) is 0 Å². The van der Waals surface area contributed by atoms with Crippen LogP contribution >= 0.6 is 0 Å². The predicted molar refractivity (Wildman–Crippen MR) is 59.3 cm³/mol. The van der Waals surface area contributed by atoms with Crippen molar-refractivity contribution in [3.63, 3.8) is 0 Å². The number of nitrogens with one attached hydrogen (secondary N) is 1. The molecule has 6 nitrogen and oxygen atoms in total. The lowest BCUT2D eigenvalue weighted by Gasteiger charge is -2.18. The second-order valence-corrected chi connectivity index (χ2v) is 4.60. The fourth-order valence-electron chi connectivity index (χ4n) is 0.992. The predicted octanol–water partition coefficient (Wildman–Crippen LogP) is 0.724. The molecule has 0 unspecified atom stereocenters. The Labute approximate surface area is 94.0 Å². The second-order valence-electron chi connectivity index (χ2n) is 2.90. The number of nitrogens with zero attached hydrogens (tertiary/aromatic N) is 1. The van der Waals surface area contributed by atoms with Crippen LogP contribution in [0.3, 0.4) is 0 Å². The van der Waals surface area contributed by atoms with E-state index in [0.717, 1.165) is 11.4 Å². The van der Waals surface area contributed by atoms with Crippen LogP contribution in [0.25, 0.3) is 0 Å². The zero-order chi connectivity index (χ0) is 12.2. The monoisotopic (exact) mass is 244 g/mol. The summed E-state index contributed by atoms with van der Waals surface area (Å²) in [6.07, 6.45) is -1.03. The molecule has 0 fully saturated rings. The van der Waals surface area contributed by atoms with E-state index in [-0.39, 0.29) is 0 Å². The molecule has 0 atom stereocenters. The summed E-state index contributed by atoms with van der Waals surface area (Å²) >= 11 is 0. The van der Waals surface area contributed by atoms with Crippen molar-refractivity contribution in [2.45, 2.75) is 0 Å². The van der Waals surface area contributed by atoms with Crippen LogP contribution in [0.15, 0.2) is 30.3 Å². The maximum absolute atomic E-state index is 11.6. The van der Waals surface area contributed by atoms with Gasteiger partial charge in [0, 0.05) is 7.05 Å². The van der Waals surface area contributed by atoms with E-state index >= 15 is 0 Å². The van der Waals surface area contributed by atoms with Crippen molar-refractivity contribution >= 4 is 22.0 Å². The Kier molecular flexibility index (Phi) is 3.73. The number of carbonyl (C=O) groups is 1. The van der Waals surface area contributed by atoms with Crippen LogP contribution in [0, 0.1) is 0 Å². The summed E-state index contributed by atoms with van der Waals surface area (Å²) in [5.41, 5.74) is 0.443. The number of ether oxygens (including phenoxy) is 1. The quantitative estimate of drug-likeness (QED) is 0.850. The van der Waals surface area contributed by atoms with Gasteiger partial charge in [0.2, 0.25) is 0 Å². The SMILES string of the molecule is COC(=O)NS(=O)(=O)N(C)c1ccccc1. The summed E-state index contributed by atoms with van der Waals surface area (Å²) in [7, 11) is -1.49. The molecule has 1 N–H and O–H groups in total. The van der Waals surface area contributed by atoms with Gasteiger partial charge in [0.1, 0.15) is 0 Å². The van der Waals surface area contributed by atoms with Gasteiger partial charge in [0.15, 0.2) is 0 Å². The van der Waals surface area contributed by atoms with Gasteiger partial charge in [-0.2, -0.15) is 8.42 Å². The van der Waals surface area contributed by atoms with E-state index in [1.54, 1.807) is 35.1 Å². The minimum atomic E-state index is -3.92. The highest BCUT2D eigenvalue weighted by Gasteiger charge is 2.20. The van der Waals surface area contributed by atoms with Crippen molar-refractivity contribution in [2.24, 2.45) is 0 Å². The Balaban J connectivity index is 2.89. The largest absolute Gasteiger partial charge is 0.452 e. The number of hydrogen-bond donors (Lipinski definition) is 1. The Morgan fingerprint density at radius 3 is 2.38 bits per heavy atom. The van der Waals surface area contributed by atoms with Gasteiger partial charge in [-0.25, -0.2) is 9.52 Å². The van der Waals surface area contributed by atoms with Crippen LogP contribution in [-0.2, 0) is 14.9 Å². The molecule has 7 heteroatoms. The van der Waals surface area contributed by atoms with Gasteiger partial charge in [-0.3, -0.25) is 4.31 Å². The maximum atomic E-state index is 11.6. The topological polar surface area (TPSA) is 75.7 Å². The molecular formula is C9H12N2O4S. The van der Waals surface area contributed by atoms with Crippen molar-refractivity contribution < 1.29 is 17.9 Å². The molecule has 1 amide bonds. The number of hydrogen-bond acceptors (Lipinski definition) is 4. The van der Waals surface area contributed by atoms with Crippen molar-refractivity contribution in [1.82, 2.24) is 4.72 Å². The first-order valence-corrected chi connectivity index (χ1v) is 5.81. The first-order chi connectivity index (χ1) is 7.47. The van der Waals surface area contributed by atoms with Crippen LogP contribution in [0.2, 0.25) is 0 Å². The summed E-state index contributed by atoms with van der Waals surface area (Å²) < 4.78 is 30.1. The van der Waals surface area contributed by atoms with E-state index < -0.39 is 16.3 Å². The van der Waals surface area contributed by atoms with E-state index in [9.17, 15) is 13.2 Å². The van der Waals surface area contributed by atoms with Crippen LogP contribution < -0.4 is 9.03 Å². The average molecular weight is 244 g/mol. The zero-order valence-electron chi connectivity index (χ0n) is 8.88. The lowest BCUT2D eigenvalue weighted by Crippen LogP contribution is -2.41. The zero-order valence-corrected chi connectivity index (χ0v) is 9.69. The van der Waals surface area contributed by atoms with Crippen LogP contribution in [-0.4, -0.2) is 28.7 Å².